The van der Waals surface area contributed by atoms with E-state index in [1.807, 2.05) is 59.5 Å². The van der Waals surface area contributed by atoms with Gasteiger partial charge in [-0.25, -0.2) is 0 Å². The van der Waals surface area contributed by atoms with E-state index in [9.17, 15) is 9.59 Å². The van der Waals surface area contributed by atoms with E-state index >= 15 is 0 Å². The maximum absolute atomic E-state index is 13.4. The summed E-state index contributed by atoms with van der Waals surface area (Å²) in [6.45, 7) is 0.505. The van der Waals surface area contributed by atoms with Crippen LogP contribution in [0.4, 0.5) is 5.69 Å². The summed E-state index contributed by atoms with van der Waals surface area (Å²) < 4.78 is 1.58. The molecule has 3 aromatic rings. The van der Waals surface area contributed by atoms with Crippen molar-refractivity contribution in [2.45, 2.75) is 17.9 Å². The Labute approximate surface area is 162 Å². The van der Waals surface area contributed by atoms with E-state index in [0.29, 0.717) is 18.7 Å². The number of nitrogens with zero attached hydrogens (tertiary/aromatic N) is 3. The molecule has 28 heavy (non-hydrogen) atoms. The molecule has 6 nitrogen and oxygen atoms in total. The minimum atomic E-state index is -0.786. The molecular formula is C22H20N4O2. The molecule has 5 rings (SSSR count). The van der Waals surface area contributed by atoms with Gasteiger partial charge in [-0.3, -0.25) is 14.3 Å². The Morgan fingerprint density at radius 3 is 2.61 bits per heavy atom. The standard InChI is InChI=1S/C22H20N4O2/c1-25-18(11-13-23-25)20(27)26-14-12-22(19(26)15-7-3-2-4-8-15)16-9-5-6-10-17(16)24-21(22)28/h2-11,13,19H,12,14H2,1H3,(H,24,28)/t19-,22+/m0/s1. The van der Waals surface area contributed by atoms with Crippen molar-refractivity contribution in [1.29, 1.82) is 0 Å². The molecular weight excluding hydrogens is 352 g/mol. The highest BCUT2D eigenvalue weighted by Crippen LogP contribution is 2.54. The zero-order valence-electron chi connectivity index (χ0n) is 15.5. The van der Waals surface area contributed by atoms with Crippen LogP contribution in [0.3, 0.4) is 0 Å². The number of amides is 2. The molecule has 2 amide bonds. The molecule has 2 atom stereocenters. The Morgan fingerprint density at radius 2 is 1.86 bits per heavy atom. The molecule has 1 aromatic heterocycles. The second-order valence-electron chi connectivity index (χ2n) is 7.37. The third-order valence-electron chi connectivity index (χ3n) is 6.00. The molecule has 0 aliphatic carbocycles. The summed E-state index contributed by atoms with van der Waals surface area (Å²) in [5.74, 6) is -0.147. The predicted molar refractivity (Wildman–Crippen MR) is 105 cm³/mol. The van der Waals surface area contributed by atoms with Crippen LogP contribution in [0.5, 0.6) is 0 Å². The lowest BCUT2D eigenvalue weighted by molar-refractivity contribution is -0.121. The van der Waals surface area contributed by atoms with Crippen molar-refractivity contribution in [3.05, 3.63) is 83.7 Å². The lowest BCUT2D eigenvalue weighted by Gasteiger charge is -2.34. The Balaban J connectivity index is 1.69. The molecule has 1 N–H and O–H groups in total. The van der Waals surface area contributed by atoms with Crippen molar-refractivity contribution in [1.82, 2.24) is 14.7 Å². The number of aromatic nitrogens is 2. The van der Waals surface area contributed by atoms with E-state index in [4.69, 9.17) is 0 Å². The first-order valence-electron chi connectivity index (χ1n) is 9.38. The Kier molecular flexibility index (Phi) is 3.62. The van der Waals surface area contributed by atoms with Crippen molar-refractivity contribution in [2.75, 3.05) is 11.9 Å². The summed E-state index contributed by atoms with van der Waals surface area (Å²) in [5, 5.41) is 7.18. The molecule has 2 aromatic carbocycles. The van der Waals surface area contributed by atoms with Crippen LogP contribution in [0, 0.1) is 0 Å². The molecule has 0 bridgehead atoms. The number of aryl methyl sites for hydroxylation is 1. The second kappa shape index (κ2) is 6.05. The van der Waals surface area contributed by atoms with E-state index in [1.54, 1.807) is 24.0 Å². The first-order valence-corrected chi connectivity index (χ1v) is 9.38. The van der Waals surface area contributed by atoms with Gasteiger partial charge in [0.1, 0.15) is 11.1 Å². The number of anilines is 1. The van der Waals surface area contributed by atoms with Crippen LogP contribution in [-0.4, -0.2) is 33.0 Å². The van der Waals surface area contributed by atoms with Crippen LogP contribution in [0.25, 0.3) is 0 Å². The SMILES string of the molecule is Cn1nccc1C(=O)N1CC[C@]2(C(=O)Nc3ccccc32)[C@@H]1c1ccccc1. The first kappa shape index (κ1) is 16.7. The summed E-state index contributed by atoms with van der Waals surface area (Å²) in [4.78, 5) is 28.5. The number of hydrogen-bond acceptors (Lipinski definition) is 3. The zero-order valence-corrected chi connectivity index (χ0v) is 15.5. The fourth-order valence-electron chi connectivity index (χ4n) is 4.74. The molecule has 0 radical (unpaired) electrons. The number of carbonyl (C=O) groups excluding carboxylic acids is 2. The summed E-state index contributed by atoms with van der Waals surface area (Å²) in [6.07, 6.45) is 2.20. The van der Waals surface area contributed by atoms with Crippen LogP contribution < -0.4 is 5.32 Å². The lowest BCUT2D eigenvalue weighted by Crippen LogP contribution is -2.43. The largest absolute Gasteiger partial charge is 0.329 e. The molecule has 0 unspecified atom stereocenters. The molecule has 3 heterocycles. The van der Waals surface area contributed by atoms with Crippen molar-refractivity contribution < 1.29 is 9.59 Å². The van der Waals surface area contributed by atoms with Crippen LogP contribution in [0.1, 0.15) is 34.1 Å². The number of para-hydroxylation sites is 1. The van der Waals surface area contributed by atoms with Gasteiger partial charge in [0, 0.05) is 25.5 Å². The van der Waals surface area contributed by atoms with Crippen molar-refractivity contribution in [2.24, 2.45) is 7.05 Å². The van der Waals surface area contributed by atoms with Crippen LogP contribution in [0.2, 0.25) is 0 Å². The number of nitrogens with one attached hydrogen (secondary N) is 1. The summed E-state index contributed by atoms with van der Waals surface area (Å²) in [5.41, 5.74) is 2.50. The average molecular weight is 372 g/mol. The summed E-state index contributed by atoms with van der Waals surface area (Å²) in [6, 6.07) is 19.0. The van der Waals surface area contributed by atoms with Gasteiger partial charge in [-0.05, 0) is 29.7 Å². The number of likely N-dealkylation sites (tertiary alicyclic amines) is 1. The van der Waals surface area contributed by atoms with E-state index in [1.165, 1.54) is 0 Å². The number of benzene rings is 2. The van der Waals surface area contributed by atoms with Gasteiger partial charge in [0.15, 0.2) is 0 Å². The highest BCUT2D eigenvalue weighted by Gasteiger charge is 2.59. The second-order valence-corrected chi connectivity index (χ2v) is 7.37. The summed E-state index contributed by atoms with van der Waals surface area (Å²) >= 11 is 0. The quantitative estimate of drug-likeness (QED) is 0.752. The molecule has 2 aliphatic rings. The fraction of sp³-hybridized carbons (Fsp3) is 0.227. The van der Waals surface area contributed by atoms with Crippen LogP contribution in [-0.2, 0) is 17.3 Å². The van der Waals surface area contributed by atoms with Gasteiger partial charge < -0.3 is 10.2 Å². The van der Waals surface area contributed by atoms with Crippen LogP contribution in [0.15, 0.2) is 66.9 Å². The summed E-state index contributed by atoms with van der Waals surface area (Å²) in [7, 11) is 1.76. The monoisotopic (exact) mass is 372 g/mol. The van der Waals surface area contributed by atoms with Gasteiger partial charge in [-0.2, -0.15) is 5.10 Å². The van der Waals surface area contributed by atoms with Crippen molar-refractivity contribution in [3.63, 3.8) is 0 Å². The predicted octanol–water partition coefficient (Wildman–Crippen LogP) is 2.90. The van der Waals surface area contributed by atoms with Gasteiger partial charge in [-0.15, -0.1) is 0 Å². The Hall–Kier alpha value is -3.41. The van der Waals surface area contributed by atoms with Gasteiger partial charge in [0.2, 0.25) is 5.91 Å². The molecule has 1 saturated heterocycles. The fourth-order valence-corrected chi connectivity index (χ4v) is 4.74. The third-order valence-corrected chi connectivity index (χ3v) is 6.00. The smallest absolute Gasteiger partial charge is 0.272 e. The number of carbonyl (C=O) groups is 2. The van der Waals surface area contributed by atoms with E-state index < -0.39 is 5.41 Å². The topological polar surface area (TPSA) is 67.2 Å². The zero-order chi connectivity index (χ0) is 19.3. The van der Waals surface area contributed by atoms with Gasteiger partial charge >= 0.3 is 0 Å². The minimum absolute atomic E-state index is 0.0390. The lowest BCUT2D eigenvalue weighted by atomic mass is 9.72. The number of rotatable bonds is 2. The molecule has 1 fully saturated rings. The molecule has 6 heteroatoms. The average Bonchev–Trinajstić information content (AvgIpc) is 3.40. The van der Waals surface area contributed by atoms with Gasteiger partial charge in [-0.1, -0.05) is 48.5 Å². The van der Waals surface area contributed by atoms with Crippen LogP contribution >= 0.6 is 0 Å². The molecule has 2 aliphatic heterocycles. The normalized spacial score (nSPS) is 23.1. The Morgan fingerprint density at radius 1 is 1.11 bits per heavy atom. The van der Waals surface area contributed by atoms with E-state index in [-0.39, 0.29) is 17.9 Å². The number of fused-ring (bicyclic) bond motifs is 2. The molecule has 0 saturated carbocycles. The van der Waals surface area contributed by atoms with Gasteiger partial charge in [0.05, 0.1) is 6.04 Å². The minimum Gasteiger partial charge on any atom is -0.329 e. The highest BCUT2D eigenvalue weighted by atomic mass is 16.2. The Bertz CT molecular complexity index is 1070. The highest BCUT2D eigenvalue weighted by molar-refractivity contribution is 6.08. The maximum atomic E-state index is 13.4. The number of hydrogen-bond donors (Lipinski definition) is 1. The van der Waals surface area contributed by atoms with Gasteiger partial charge in [0.25, 0.3) is 5.91 Å². The molecule has 140 valence electrons. The first-order chi connectivity index (χ1) is 13.6. The van der Waals surface area contributed by atoms with E-state index in [2.05, 4.69) is 10.4 Å². The van der Waals surface area contributed by atoms with Crippen molar-refractivity contribution in [3.8, 4) is 0 Å². The van der Waals surface area contributed by atoms with Crippen molar-refractivity contribution >= 4 is 17.5 Å². The molecule has 1 spiro atoms. The maximum Gasteiger partial charge on any atom is 0.272 e. The van der Waals surface area contributed by atoms with E-state index in [0.717, 1.165) is 16.8 Å². The third kappa shape index (κ3) is 2.17.